The molecule has 0 bridgehead atoms. The quantitative estimate of drug-likeness (QED) is 0.394. The molecule has 1 aromatic carbocycles. The Morgan fingerprint density at radius 1 is 1.17 bits per heavy atom. The molecule has 1 aliphatic rings. The van der Waals surface area contributed by atoms with E-state index in [4.69, 9.17) is 11.5 Å². The van der Waals surface area contributed by atoms with E-state index in [0.717, 1.165) is 24.4 Å². The first-order chi connectivity index (χ1) is 16.7. The summed E-state index contributed by atoms with van der Waals surface area (Å²) in [4.78, 5) is 24.7. The highest BCUT2D eigenvalue weighted by Gasteiger charge is 2.51. The monoisotopic (exact) mass is 479 g/mol. The summed E-state index contributed by atoms with van der Waals surface area (Å²) in [6.07, 6.45) is 1.77. The molecule has 10 nitrogen and oxygen atoms in total. The van der Waals surface area contributed by atoms with Gasteiger partial charge in [-0.1, -0.05) is 6.07 Å². The third-order valence-electron chi connectivity index (χ3n) is 5.74. The Morgan fingerprint density at radius 3 is 2.43 bits per heavy atom. The Balaban J connectivity index is 1.58. The van der Waals surface area contributed by atoms with Crippen molar-refractivity contribution in [2.24, 2.45) is 5.41 Å². The van der Waals surface area contributed by atoms with Crippen LogP contribution in [-0.4, -0.2) is 30.6 Å². The van der Waals surface area contributed by atoms with E-state index in [-0.39, 0.29) is 52.0 Å². The minimum Gasteiger partial charge on any atom is -0.382 e. The first-order valence-electron chi connectivity index (χ1n) is 10.3. The van der Waals surface area contributed by atoms with Crippen LogP contribution >= 0.6 is 0 Å². The number of rotatable bonds is 5. The van der Waals surface area contributed by atoms with Crippen LogP contribution in [0.1, 0.15) is 18.4 Å². The number of nitriles is 1. The van der Waals surface area contributed by atoms with Crippen LogP contribution in [0.2, 0.25) is 0 Å². The number of nitrogen functional groups attached to an aromatic ring is 2. The minimum absolute atomic E-state index is 0.00992. The van der Waals surface area contributed by atoms with Gasteiger partial charge >= 0.3 is 0 Å². The molecule has 1 saturated carbocycles. The van der Waals surface area contributed by atoms with Gasteiger partial charge in [-0.2, -0.15) is 10.4 Å². The number of carbonyl (C=O) groups is 1. The number of hydrogen-bond donors (Lipinski definition) is 3. The van der Waals surface area contributed by atoms with Crippen LogP contribution in [-0.2, 0) is 11.3 Å². The highest BCUT2D eigenvalue weighted by molar-refractivity contribution is 6.03. The molecule has 3 aromatic heterocycles. The summed E-state index contributed by atoms with van der Waals surface area (Å²) in [6.45, 7) is -0.344. The number of carbonyl (C=O) groups excluding carboxylic acids is 1. The van der Waals surface area contributed by atoms with Gasteiger partial charge in [0.25, 0.3) is 0 Å². The average molecular weight is 479 g/mol. The van der Waals surface area contributed by atoms with Crippen molar-refractivity contribution in [2.75, 3.05) is 16.8 Å². The van der Waals surface area contributed by atoms with Gasteiger partial charge < -0.3 is 16.8 Å². The fraction of sp³-hybridized carbons (Fsp3) is 0.182. The molecule has 1 fully saturated rings. The largest absolute Gasteiger partial charge is 0.382 e. The van der Waals surface area contributed by atoms with Crippen LogP contribution in [0.15, 0.2) is 30.5 Å². The zero-order valence-electron chi connectivity index (χ0n) is 17.9. The second kappa shape index (κ2) is 7.94. The predicted molar refractivity (Wildman–Crippen MR) is 119 cm³/mol. The predicted octanol–water partition coefficient (Wildman–Crippen LogP) is 2.76. The Kier molecular flexibility index (Phi) is 5.01. The van der Waals surface area contributed by atoms with Crippen molar-refractivity contribution in [1.82, 2.24) is 24.7 Å². The van der Waals surface area contributed by atoms with Crippen LogP contribution in [0.3, 0.4) is 0 Å². The van der Waals surface area contributed by atoms with Gasteiger partial charge in [0.2, 0.25) is 5.91 Å². The number of nitrogens with zero attached hydrogens (tertiary/aromatic N) is 6. The Hall–Kier alpha value is -4.73. The van der Waals surface area contributed by atoms with Gasteiger partial charge in [0, 0.05) is 5.56 Å². The number of hydrogen-bond acceptors (Lipinski definition) is 8. The van der Waals surface area contributed by atoms with E-state index in [2.05, 4.69) is 25.4 Å². The van der Waals surface area contributed by atoms with Gasteiger partial charge in [-0.05, 0) is 31.0 Å². The molecule has 0 aliphatic heterocycles. The summed E-state index contributed by atoms with van der Waals surface area (Å²) < 4.78 is 43.7. The number of pyridine rings is 1. The lowest BCUT2D eigenvalue weighted by Gasteiger charge is -2.12. The first-order valence-corrected chi connectivity index (χ1v) is 10.3. The van der Waals surface area contributed by atoms with E-state index in [9.17, 15) is 23.2 Å². The first kappa shape index (κ1) is 22.1. The highest BCUT2D eigenvalue weighted by atomic mass is 19.1. The zero-order chi connectivity index (χ0) is 24.9. The van der Waals surface area contributed by atoms with Crippen LogP contribution in [0.5, 0.6) is 0 Å². The summed E-state index contributed by atoms with van der Waals surface area (Å²) >= 11 is 0. The molecule has 3 heterocycles. The molecule has 0 atom stereocenters. The van der Waals surface area contributed by atoms with Gasteiger partial charge in [0.15, 0.2) is 23.1 Å². The van der Waals surface area contributed by atoms with E-state index < -0.39 is 28.8 Å². The molecule has 0 radical (unpaired) electrons. The second-order valence-corrected chi connectivity index (χ2v) is 8.07. The Labute approximate surface area is 195 Å². The lowest BCUT2D eigenvalue weighted by Crippen LogP contribution is -2.24. The average Bonchev–Trinajstić information content (AvgIpc) is 3.55. The van der Waals surface area contributed by atoms with E-state index in [1.54, 1.807) is 0 Å². The third-order valence-corrected chi connectivity index (χ3v) is 5.74. The zero-order valence-corrected chi connectivity index (χ0v) is 17.9. The minimum atomic E-state index is -1.13. The number of amides is 1. The molecule has 4 aromatic rings. The number of aromatic nitrogens is 5. The van der Waals surface area contributed by atoms with Crippen molar-refractivity contribution in [2.45, 2.75) is 19.4 Å². The maximum absolute atomic E-state index is 14.2. The summed E-state index contributed by atoms with van der Waals surface area (Å²) in [5.74, 6) is -3.36. The molecule has 1 aliphatic carbocycles. The molecule has 1 amide bonds. The van der Waals surface area contributed by atoms with Crippen LogP contribution in [0.4, 0.5) is 30.5 Å². The third kappa shape index (κ3) is 3.74. The van der Waals surface area contributed by atoms with Gasteiger partial charge in [-0.3, -0.25) is 4.79 Å². The lowest BCUT2D eigenvalue weighted by atomic mass is 10.1. The van der Waals surface area contributed by atoms with Gasteiger partial charge in [0.1, 0.15) is 34.2 Å². The maximum Gasteiger partial charge on any atom is 0.245 e. The number of anilines is 3. The van der Waals surface area contributed by atoms with Crippen molar-refractivity contribution in [3.05, 3.63) is 53.5 Å². The fourth-order valence-electron chi connectivity index (χ4n) is 3.62. The Morgan fingerprint density at radius 2 is 1.83 bits per heavy atom. The number of halogens is 3. The van der Waals surface area contributed by atoms with Crippen LogP contribution < -0.4 is 16.8 Å². The molecule has 5 N–H and O–H groups in total. The number of benzene rings is 1. The fourth-order valence-corrected chi connectivity index (χ4v) is 3.62. The van der Waals surface area contributed by atoms with Crippen molar-refractivity contribution in [1.29, 1.82) is 5.26 Å². The highest BCUT2D eigenvalue weighted by Crippen LogP contribution is 2.46. The summed E-state index contributed by atoms with van der Waals surface area (Å²) in [5.41, 5.74) is 10.7. The molecule has 35 heavy (non-hydrogen) atoms. The molecule has 0 saturated heterocycles. The second-order valence-electron chi connectivity index (χ2n) is 8.07. The number of nitrogens with two attached hydrogens (primary N) is 2. The van der Waals surface area contributed by atoms with Gasteiger partial charge in [-0.15, -0.1) is 0 Å². The molecule has 0 unspecified atom stereocenters. The molecular formula is C22H16F3N9O. The molecule has 0 spiro atoms. The normalized spacial score (nSPS) is 14.0. The van der Waals surface area contributed by atoms with Crippen molar-refractivity contribution in [3.8, 4) is 17.6 Å². The summed E-state index contributed by atoms with van der Waals surface area (Å²) in [5, 5.41) is 16.1. The molecular weight excluding hydrogens is 463 g/mol. The van der Waals surface area contributed by atoms with E-state index in [0.29, 0.717) is 12.8 Å². The Bertz CT molecular complexity index is 1510. The summed E-state index contributed by atoms with van der Waals surface area (Å²) in [6, 6.07) is 6.52. The van der Waals surface area contributed by atoms with Crippen LogP contribution in [0, 0.1) is 34.2 Å². The van der Waals surface area contributed by atoms with E-state index in [1.807, 2.05) is 6.07 Å². The molecule has 5 rings (SSSR count). The van der Waals surface area contributed by atoms with Gasteiger partial charge in [-0.25, -0.2) is 32.8 Å². The van der Waals surface area contributed by atoms with Crippen molar-refractivity contribution >= 4 is 34.3 Å². The van der Waals surface area contributed by atoms with Gasteiger partial charge in [0.05, 0.1) is 24.2 Å². The van der Waals surface area contributed by atoms with E-state index in [1.165, 1.54) is 10.7 Å². The number of fused-ring (bicyclic) bond motifs is 1. The smallest absolute Gasteiger partial charge is 0.245 e. The standard InChI is InChI=1S/C22H16F3N9O/c23-10-6-11-15(33-34(20(11)29-7-10)8-12-13(24)2-1-3-14(12)25)19-31-17(27)16(18(28)32-19)30-21(35)22(9-26)4-5-22/h1-3,6-7H,4-5,8H2,(H,30,35)(H4,27,28,31,32). The van der Waals surface area contributed by atoms with E-state index >= 15 is 0 Å². The molecule has 13 heteroatoms. The van der Waals surface area contributed by atoms with Crippen molar-refractivity contribution in [3.63, 3.8) is 0 Å². The summed E-state index contributed by atoms with van der Waals surface area (Å²) in [7, 11) is 0. The SMILES string of the molecule is N#CC1(C(=O)Nc2c(N)nc(-c3nn(Cc4c(F)cccc4F)c4ncc(F)cc34)nc2N)CC1. The van der Waals surface area contributed by atoms with Crippen LogP contribution in [0.25, 0.3) is 22.6 Å². The molecule has 176 valence electrons. The lowest BCUT2D eigenvalue weighted by molar-refractivity contribution is -0.119. The van der Waals surface area contributed by atoms with Crippen molar-refractivity contribution < 1.29 is 18.0 Å². The topological polar surface area (TPSA) is 161 Å². The number of nitrogens with one attached hydrogen (secondary N) is 1. The maximum atomic E-state index is 14.2.